The third-order valence-electron chi connectivity index (χ3n) is 5.12. The van der Waals surface area contributed by atoms with Crippen molar-refractivity contribution in [2.24, 2.45) is 0 Å². The van der Waals surface area contributed by atoms with Gasteiger partial charge in [-0.1, -0.05) is 48.5 Å². The van der Waals surface area contributed by atoms with Crippen LogP contribution in [0.1, 0.15) is 17.0 Å². The van der Waals surface area contributed by atoms with Gasteiger partial charge in [-0.3, -0.25) is 9.97 Å². The van der Waals surface area contributed by atoms with Crippen LogP contribution in [0.4, 0.5) is 10.2 Å². The molecule has 0 aliphatic heterocycles. The van der Waals surface area contributed by atoms with Gasteiger partial charge in [-0.2, -0.15) is 0 Å². The van der Waals surface area contributed by atoms with Crippen molar-refractivity contribution in [1.29, 1.82) is 0 Å². The van der Waals surface area contributed by atoms with Crippen molar-refractivity contribution < 1.29 is 4.39 Å². The van der Waals surface area contributed by atoms with Crippen LogP contribution in [-0.2, 0) is 6.54 Å². The molecule has 0 amide bonds. The van der Waals surface area contributed by atoms with Crippen molar-refractivity contribution in [1.82, 2.24) is 19.9 Å². The van der Waals surface area contributed by atoms with E-state index in [1.807, 2.05) is 73.8 Å². The van der Waals surface area contributed by atoms with Gasteiger partial charge >= 0.3 is 0 Å². The summed E-state index contributed by atoms with van der Waals surface area (Å²) in [4.78, 5) is 16.1. The molecule has 5 nitrogen and oxygen atoms in total. The first kappa shape index (κ1) is 22.0. The van der Waals surface area contributed by atoms with E-state index >= 15 is 0 Å². The van der Waals surface area contributed by atoms with Gasteiger partial charge in [0.1, 0.15) is 6.33 Å². The van der Waals surface area contributed by atoms with Crippen molar-refractivity contribution in [2.75, 3.05) is 5.32 Å². The minimum atomic E-state index is -0.406. The number of aromatic nitrogens is 4. The predicted molar refractivity (Wildman–Crippen MR) is 130 cm³/mol. The summed E-state index contributed by atoms with van der Waals surface area (Å²) in [6, 6.07) is 24.3. The molecule has 0 saturated carbocycles. The highest BCUT2D eigenvalue weighted by Crippen LogP contribution is 2.20. The average Bonchev–Trinajstić information content (AvgIpc) is 2.86. The predicted octanol–water partition coefficient (Wildman–Crippen LogP) is 6.14. The summed E-state index contributed by atoms with van der Waals surface area (Å²) in [5, 5.41) is 4.20. The van der Waals surface area contributed by atoms with Gasteiger partial charge < -0.3 is 5.32 Å². The molecule has 0 saturated heterocycles. The van der Waals surface area contributed by atoms with E-state index in [2.05, 4.69) is 37.4 Å². The molecule has 5 aromatic rings. The summed E-state index contributed by atoms with van der Waals surface area (Å²) in [5.41, 5.74) is 5.70. The van der Waals surface area contributed by atoms with Crippen molar-refractivity contribution in [2.45, 2.75) is 20.4 Å². The molecule has 6 heteroatoms. The number of nitrogens with zero attached hydrogens (tertiary/aromatic N) is 4. The summed E-state index contributed by atoms with van der Waals surface area (Å²) >= 11 is 0. The van der Waals surface area contributed by atoms with Crippen LogP contribution in [0.25, 0.3) is 22.0 Å². The van der Waals surface area contributed by atoms with E-state index in [9.17, 15) is 4.39 Å². The largest absolute Gasteiger partial charge is 0.363 e. The molecule has 0 unspecified atom stereocenters. The molecule has 1 N–H and O–H groups in total. The van der Waals surface area contributed by atoms with Crippen molar-refractivity contribution in [3.63, 3.8) is 0 Å². The second-order valence-electron chi connectivity index (χ2n) is 7.55. The fraction of sp³-hybridized carbons (Fsp3) is 0.111. The Labute approximate surface area is 192 Å². The maximum absolute atomic E-state index is 13.8. The fourth-order valence-corrected chi connectivity index (χ4v) is 3.32. The zero-order valence-electron chi connectivity index (χ0n) is 18.5. The molecule has 33 heavy (non-hydrogen) atoms. The van der Waals surface area contributed by atoms with E-state index in [1.54, 1.807) is 13.1 Å². The zero-order valence-corrected chi connectivity index (χ0v) is 18.5. The van der Waals surface area contributed by atoms with E-state index < -0.39 is 5.82 Å². The number of hydrogen-bond donors (Lipinski definition) is 1. The number of anilines is 1. The summed E-state index contributed by atoms with van der Waals surface area (Å²) in [6.45, 7) is 4.09. The number of pyridine rings is 2. The topological polar surface area (TPSA) is 63.6 Å². The first-order chi connectivity index (χ1) is 16.1. The molecule has 164 valence electrons. The van der Waals surface area contributed by atoms with E-state index in [-0.39, 0.29) is 5.82 Å². The molecular formula is C27H24FN5. The lowest BCUT2D eigenvalue weighted by atomic mass is 10.0. The van der Waals surface area contributed by atoms with Crippen LogP contribution in [0, 0.1) is 19.7 Å². The summed E-state index contributed by atoms with van der Waals surface area (Å²) < 4.78 is 13.8. The number of halogens is 1. The Morgan fingerprint density at radius 3 is 2.33 bits per heavy atom. The second kappa shape index (κ2) is 10.4. The van der Waals surface area contributed by atoms with Gasteiger partial charge in [-0.25, -0.2) is 14.4 Å². The average molecular weight is 438 g/mol. The third-order valence-corrected chi connectivity index (χ3v) is 5.12. The van der Waals surface area contributed by atoms with E-state index in [4.69, 9.17) is 0 Å². The van der Waals surface area contributed by atoms with Crippen molar-refractivity contribution in [3.8, 4) is 11.1 Å². The summed E-state index contributed by atoms with van der Waals surface area (Å²) in [5.74, 6) is -0.178. The highest BCUT2D eigenvalue weighted by atomic mass is 19.1. The minimum Gasteiger partial charge on any atom is -0.363 e. The van der Waals surface area contributed by atoms with Crippen LogP contribution in [0.15, 0.2) is 91.5 Å². The quantitative estimate of drug-likeness (QED) is 0.366. The molecule has 0 radical (unpaired) electrons. The molecule has 0 aliphatic carbocycles. The number of nitrogens with one attached hydrogen (secondary N) is 1. The van der Waals surface area contributed by atoms with Gasteiger partial charge in [0.2, 0.25) is 0 Å². The molecular weight excluding hydrogens is 413 g/mol. The number of aryl methyl sites for hydroxylation is 2. The lowest BCUT2D eigenvalue weighted by Crippen LogP contribution is -2.05. The van der Waals surface area contributed by atoms with E-state index in [1.165, 1.54) is 11.7 Å². The van der Waals surface area contributed by atoms with Gasteiger partial charge in [-0.15, -0.1) is 0 Å². The van der Waals surface area contributed by atoms with Gasteiger partial charge in [0, 0.05) is 30.0 Å². The van der Waals surface area contributed by atoms with Crippen LogP contribution < -0.4 is 5.32 Å². The molecule has 0 fully saturated rings. The summed E-state index contributed by atoms with van der Waals surface area (Å²) in [6.07, 6.45) is 4.97. The Bertz CT molecular complexity index is 1290. The lowest BCUT2D eigenvalue weighted by Gasteiger charge is -2.08. The van der Waals surface area contributed by atoms with Gasteiger partial charge in [0.25, 0.3) is 0 Å². The van der Waals surface area contributed by atoms with E-state index in [0.29, 0.717) is 12.2 Å². The molecule has 5 rings (SSSR count). The number of rotatable bonds is 4. The first-order valence-electron chi connectivity index (χ1n) is 10.6. The standard InChI is InChI=1S/C18H17FN4.C9H7N/c1-12-9-16(7-8-20-12)15-5-3-14(4-6-15)10-21-18-17(19)13(2)22-11-23-18;1-2-6-9-8(4-1)5-3-7-10-9/h3-9,11H,10H2,1-2H3,(H,21,22,23);1-7H. The van der Waals surface area contributed by atoms with E-state index in [0.717, 1.165) is 27.9 Å². The molecule has 3 heterocycles. The highest BCUT2D eigenvalue weighted by Gasteiger charge is 2.07. The monoisotopic (exact) mass is 437 g/mol. The lowest BCUT2D eigenvalue weighted by molar-refractivity contribution is 0.604. The number of benzene rings is 2. The van der Waals surface area contributed by atoms with Gasteiger partial charge in [0.05, 0.1) is 11.2 Å². The Hall–Kier alpha value is -4.19. The molecule has 2 aromatic carbocycles. The highest BCUT2D eigenvalue weighted by molar-refractivity contribution is 5.77. The summed E-state index contributed by atoms with van der Waals surface area (Å²) in [7, 11) is 0. The molecule has 0 bridgehead atoms. The minimum absolute atomic E-state index is 0.228. The first-order valence-corrected chi connectivity index (χ1v) is 10.6. The number of fused-ring (bicyclic) bond motifs is 1. The Morgan fingerprint density at radius 1 is 0.758 bits per heavy atom. The smallest absolute Gasteiger partial charge is 0.186 e. The maximum atomic E-state index is 13.8. The van der Waals surface area contributed by atoms with Crippen molar-refractivity contribution >= 4 is 16.7 Å². The molecule has 0 aliphatic rings. The number of hydrogen-bond acceptors (Lipinski definition) is 5. The SMILES string of the molecule is Cc1cc(-c2ccc(CNc3ncnc(C)c3F)cc2)ccn1.c1ccc2ncccc2c1. The van der Waals surface area contributed by atoms with Crippen LogP contribution in [0.3, 0.4) is 0 Å². The zero-order chi connectivity index (χ0) is 23.0. The molecule has 3 aromatic heterocycles. The van der Waals surface area contributed by atoms with Crippen LogP contribution in [-0.4, -0.2) is 19.9 Å². The van der Waals surface area contributed by atoms with Gasteiger partial charge in [0.15, 0.2) is 11.6 Å². The van der Waals surface area contributed by atoms with Gasteiger partial charge in [-0.05, 0) is 54.8 Å². The Morgan fingerprint density at radius 2 is 1.55 bits per heavy atom. The molecule has 0 atom stereocenters. The Kier molecular flexibility index (Phi) is 6.95. The third kappa shape index (κ3) is 5.74. The van der Waals surface area contributed by atoms with Crippen molar-refractivity contribution in [3.05, 3.63) is 114 Å². The molecule has 0 spiro atoms. The second-order valence-corrected chi connectivity index (χ2v) is 7.55. The Balaban J connectivity index is 0.000000214. The normalized spacial score (nSPS) is 10.4. The van der Waals surface area contributed by atoms with Crippen LogP contribution in [0.5, 0.6) is 0 Å². The van der Waals surface area contributed by atoms with Crippen LogP contribution >= 0.6 is 0 Å². The van der Waals surface area contributed by atoms with Crippen LogP contribution in [0.2, 0.25) is 0 Å². The fourth-order valence-electron chi connectivity index (χ4n) is 3.32. The number of para-hydroxylation sites is 1. The maximum Gasteiger partial charge on any atom is 0.186 e.